The van der Waals surface area contributed by atoms with Crippen LogP contribution in [0, 0.1) is 5.92 Å². The van der Waals surface area contributed by atoms with E-state index in [1.165, 1.54) is 16.9 Å². The number of fused-ring (bicyclic) bond motifs is 3. The highest BCUT2D eigenvalue weighted by atomic mass is 32.1. The van der Waals surface area contributed by atoms with Crippen LogP contribution in [0.15, 0.2) is 30.6 Å². The molecule has 5 nitrogen and oxygen atoms in total. The van der Waals surface area contributed by atoms with Crippen molar-refractivity contribution in [3.05, 3.63) is 46.6 Å². The minimum atomic E-state index is -0.699. The van der Waals surface area contributed by atoms with Crippen molar-refractivity contribution >= 4 is 27.4 Å². The van der Waals surface area contributed by atoms with E-state index in [0.717, 1.165) is 40.4 Å². The summed E-state index contributed by atoms with van der Waals surface area (Å²) in [4.78, 5) is 11.4. The van der Waals surface area contributed by atoms with Gasteiger partial charge in [0.2, 0.25) is 0 Å². The first kappa shape index (κ1) is 17.2. The molecule has 0 saturated carbocycles. The molecule has 0 spiro atoms. The summed E-state index contributed by atoms with van der Waals surface area (Å²) < 4.78 is 0. The molecule has 1 aliphatic carbocycles. The first-order valence-corrected chi connectivity index (χ1v) is 9.83. The van der Waals surface area contributed by atoms with E-state index in [4.69, 9.17) is 0 Å². The summed E-state index contributed by atoms with van der Waals surface area (Å²) in [6.07, 6.45) is 4.26. The Balaban J connectivity index is 1.63. The second-order valence-corrected chi connectivity index (χ2v) is 8.31. The first-order valence-electron chi connectivity index (χ1n) is 9.01. The predicted octanol–water partition coefficient (Wildman–Crippen LogP) is 4.06. The van der Waals surface area contributed by atoms with Crippen LogP contribution in [0.3, 0.4) is 0 Å². The molecule has 0 fully saturated rings. The zero-order chi connectivity index (χ0) is 18.3. The van der Waals surface area contributed by atoms with Crippen molar-refractivity contribution < 1.29 is 10.2 Å². The highest BCUT2D eigenvalue weighted by molar-refractivity contribution is 7.19. The monoisotopic (exact) mass is 369 g/mol. The fourth-order valence-electron chi connectivity index (χ4n) is 3.64. The van der Waals surface area contributed by atoms with Crippen LogP contribution in [0.5, 0.6) is 5.75 Å². The molecule has 26 heavy (non-hydrogen) atoms. The van der Waals surface area contributed by atoms with Crippen LogP contribution in [0.25, 0.3) is 10.2 Å². The van der Waals surface area contributed by atoms with Gasteiger partial charge in [0.05, 0.1) is 17.5 Å². The molecule has 3 atom stereocenters. The number of aliphatic hydroxyl groups is 1. The van der Waals surface area contributed by atoms with E-state index in [1.807, 2.05) is 6.92 Å². The molecule has 2 heterocycles. The molecular weight excluding hydrogens is 346 g/mol. The summed E-state index contributed by atoms with van der Waals surface area (Å²) in [5, 5.41) is 24.6. The topological polar surface area (TPSA) is 78.3 Å². The van der Waals surface area contributed by atoms with Crippen molar-refractivity contribution in [2.24, 2.45) is 5.92 Å². The zero-order valence-electron chi connectivity index (χ0n) is 14.9. The second-order valence-electron chi connectivity index (χ2n) is 7.22. The average Bonchev–Trinajstić information content (AvgIpc) is 3.00. The van der Waals surface area contributed by atoms with Crippen LogP contribution in [0.4, 0.5) is 5.82 Å². The minimum absolute atomic E-state index is 0.193. The van der Waals surface area contributed by atoms with Gasteiger partial charge in [-0.05, 0) is 55.4 Å². The molecule has 3 aromatic rings. The Labute approximate surface area is 156 Å². The van der Waals surface area contributed by atoms with Crippen molar-refractivity contribution in [2.45, 2.75) is 45.3 Å². The maximum Gasteiger partial charge on any atom is 0.138 e. The number of benzene rings is 1. The van der Waals surface area contributed by atoms with E-state index < -0.39 is 6.10 Å². The Kier molecular flexibility index (Phi) is 4.54. The largest absolute Gasteiger partial charge is 0.508 e. The lowest BCUT2D eigenvalue weighted by Crippen LogP contribution is -2.25. The lowest BCUT2D eigenvalue weighted by atomic mass is 9.89. The Bertz CT molecular complexity index is 923. The molecule has 4 rings (SSSR count). The molecule has 136 valence electrons. The van der Waals surface area contributed by atoms with Crippen molar-refractivity contribution in [3.63, 3.8) is 0 Å². The summed E-state index contributed by atoms with van der Waals surface area (Å²) in [6.45, 7) is 4.24. The Morgan fingerprint density at radius 2 is 2.00 bits per heavy atom. The van der Waals surface area contributed by atoms with E-state index in [-0.39, 0.29) is 11.8 Å². The van der Waals surface area contributed by atoms with Crippen LogP contribution in [0.2, 0.25) is 0 Å². The molecule has 3 N–H and O–H groups in total. The van der Waals surface area contributed by atoms with Gasteiger partial charge in [0, 0.05) is 4.88 Å². The van der Waals surface area contributed by atoms with E-state index in [9.17, 15) is 10.2 Å². The number of phenols is 1. The number of nitrogens with zero attached hydrogens (tertiary/aromatic N) is 2. The quantitative estimate of drug-likeness (QED) is 0.646. The molecular formula is C20H23N3O2S. The number of phenolic OH excluding ortho intramolecular Hbond substituents is 1. The Hall–Kier alpha value is -2.18. The van der Waals surface area contributed by atoms with Gasteiger partial charge in [-0.25, -0.2) is 9.97 Å². The van der Waals surface area contributed by atoms with E-state index >= 15 is 0 Å². The van der Waals surface area contributed by atoms with Crippen LogP contribution in [-0.4, -0.2) is 26.2 Å². The third-order valence-corrected chi connectivity index (χ3v) is 6.33. The third kappa shape index (κ3) is 3.15. The summed E-state index contributed by atoms with van der Waals surface area (Å²) >= 11 is 1.77. The normalized spacial score (nSPS) is 19.1. The van der Waals surface area contributed by atoms with Gasteiger partial charge in [-0.1, -0.05) is 19.1 Å². The number of anilines is 1. The van der Waals surface area contributed by atoms with Crippen molar-refractivity contribution in [1.29, 1.82) is 0 Å². The number of hydrogen-bond acceptors (Lipinski definition) is 6. The summed E-state index contributed by atoms with van der Waals surface area (Å²) in [6, 6.07) is 6.42. The first-order chi connectivity index (χ1) is 12.5. The van der Waals surface area contributed by atoms with Gasteiger partial charge in [-0.15, -0.1) is 11.3 Å². The number of aryl methyl sites for hydroxylation is 1. The second kappa shape index (κ2) is 6.85. The van der Waals surface area contributed by atoms with Crippen LogP contribution in [0.1, 0.15) is 42.4 Å². The SMILES string of the molecule is C[C@@H]1CCc2c(sc3ncnc(N[C@H](C)[C@H](O)c4ccc(O)cc4)c23)C1. The van der Waals surface area contributed by atoms with E-state index in [2.05, 4.69) is 22.2 Å². The van der Waals surface area contributed by atoms with Crippen LogP contribution in [-0.2, 0) is 12.8 Å². The molecule has 2 aromatic heterocycles. The predicted molar refractivity (Wildman–Crippen MR) is 105 cm³/mol. The molecule has 0 bridgehead atoms. The van der Waals surface area contributed by atoms with Crippen LogP contribution < -0.4 is 5.32 Å². The summed E-state index contributed by atoms with van der Waals surface area (Å²) in [7, 11) is 0. The number of rotatable bonds is 4. The zero-order valence-corrected chi connectivity index (χ0v) is 15.8. The summed E-state index contributed by atoms with van der Waals surface area (Å²) in [5.41, 5.74) is 2.13. The highest BCUT2D eigenvalue weighted by Gasteiger charge is 2.24. The maximum atomic E-state index is 10.7. The van der Waals surface area contributed by atoms with E-state index in [1.54, 1.807) is 41.9 Å². The van der Waals surface area contributed by atoms with Gasteiger partial charge in [0.1, 0.15) is 22.7 Å². The van der Waals surface area contributed by atoms with Gasteiger partial charge in [-0.2, -0.15) is 0 Å². The molecule has 1 aliphatic rings. The fraction of sp³-hybridized carbons (Fsp3) is 0.400. The highest BCUT2D eigenvalue weighted by Crippen LogP contribution is 2.40. The lowest BCUT2D eigenvalue weighted by Gasteiger charge is -2.22. The van der Waals surface area contributed by atoms with Crippen molar-refractivity contribution in [1.82, 2.24) is 9.97 Å². The molecule has 0 radical (unpaired) electrons. The fourth-order valence-corrected chi connectivity index (χ4v) is 4.99. The molecule has 0 saturated heterocycles. The number of aliphatic hydroxyl groups excluding tert-OH is 1. The van der Waals surface area contributed by atoms with Crippen molar-refractivity contribution in [3.8, 4) is 5.75 Å². The number of hydrogen-bond donors (Lipinski definition) is 3. The molecule has 1 aromatic carbocycles. The van der Waals surface area contributed by atoms with Crippen LogP contribution >= 0.6 is 11.3 Å². The van der Waals surface area contributed by atoms with Gasteiger partial charge < -0.3 is 15.5 Å². The van der Waals surface area contributed by atoms with Crippen molar-refractivity contribution in [2.75, 3.05) is 5.32 Å². The molecule has 0 amide bonds. The standard InChI is InChI=1S/C20H23N3O2S/c1-11-3-8-15-16(9-11)26-20-17(15)19(21-10-22-20)23-12(2)18(25)13-4-6-14(24)7-5-13/h4-7,10-12,18,24-25H,3,8-9H2,1-2H3,(H,21,22,23)/t11-,12-,18+/m1/s1. The lowest BCUT2D eigenvalue weighted by molar-refractivity contribution is 0.160. The number of nitrogens with one attached hydrogen (secondary N) is 1. The molecule has 0 unspecified atom stereocenters. The number of aromatic nitrogens is 2. The molecule has 0 aliphatic heterocycles. The Morgan fingerprint density at radius 1 is 1.23 bits per heavy atom. The number of aromatic hydroxyl groups is 1. The smallest absolute Gasteiger partial charge is 0.138 e. The van der Waals surface area contributed by atoms with Gasteiger partial charge in [0.25, 0.3) is 0 Å². The van der Waals surface area contributed by atoms with Gasteiger partial charge in [0.15, 0.2) is 0 Å². The third-order valence-electron chi connectivity index (χ3n) is 5.16. The summed E-state index contributed by atoms with van der Waals surface area (Å²) in [5.74, 6) is 1.71. The maximum absolute atomic E-state index is 10.7. The van der Waals surface area contributed by atoms with Gasteiger partial charge >= 0.3 is 0 Å². The molecule has 6 heteroatoms. The number of thiophene rings is 1. The van der Waals surface area contributed by atoms with Gasteiger partial charge in [-0.3, -0.25) is 0 Å². The average molecular weight is 369 g/mol. The Morgan fingerprint density at radius 3 is 2.77 bits per heavy atom. The minimum Gasteiger partial charge on any atom is -0.508 e. The van der Waals surface area contributed by atoms with E-state index in [0.29, 0.717) is 0 Å².